The first-order valence-corrected chi connectivity index (χ1v) is 16.3. The van der Waals surface area contributed by atoms with Crippen LogP contribution in [-0.2, 0) is 19.1 Å². The molecule has 1 atom stereocenters. The third kappa shape index (κ3) is 30.4. The molecule has 0 saturated heterocycles. The number of aliphatic hydroxyl groups excluding tert-OH is 1. The zero-order valence-electron chi connectivity index (χ0n) is 26.3. The Balaban J connectivity index is 3.74. The highest BCUT2D eigenvalue weighted by atomic mass is 16.6. The topological polar surface area (TPSA) is 72.8 Å². The fraction of sp³-hybridized carbons (Fsp3) is 0.667. The van der Waals surface area contributed by atoms with Gasteiger partial charge in [0.2, 0.25) is 0 Å². The van der Waals surface area contributed by atoms with Gasteiger partial charge in [0.1, 0.15) is 6.61 Å². The predicted octanol–water partition coefficient (Wildman–Crippen LogP) is 9.67. The van der Waals surface area contributed by atoms with Gasteiger partial charge in [-0.1, -0.05) is 132 Å². The number of carbonyl (C=O) groups is 2. The van der Waals surface area contributed by atoms with Crippen molar-refractivity contribution in [3.8, 4) is 0 Å². The van der Waals surface area contributed by atoms with E-state index >= 15 is 0 Å². The Morgan fingerprint density at radius 2 is 1.05 bits per heavy atom. The number of hydrogen-bond acceptors (Lipinski definition) is 5. The van der Waals surface area contributed by atoms with Crippen LogP contribution in [0, 0.1) is 0 Å². The van der Waals surface area contributed by atoms with Crippen LogP contribution in [-0.4, -0.2) is 36.4 Å². The lowest BCUT2D eigenvalue weighted by Crippen LogP contribution is -2.28. The molecule has 0 unspecified atom stereocenters. The van der Waals surface area contributed by atoms with Gasteiger partial charge in [0.05, 0.1) is 6.61 Å². The number of hydrogen-bond donors (Lipinski definition) is 1. The minimum absolute atomic E-state index is 0.0897. The molecule has 1 N–H and O–H groups in total. The average Bonchev–Trinajstić information content (AvgIpc) is 2.97. The van der Waals surface area contributed by atoms with Crippen molar-refractivity contribution in [1.82, 2.24) is 0 Å². The summed E-state index contributed by atoms with van der Waals surface area (Å²) in [6.45, 7) is 3.93. The molecule has 5 heteroatoms. The van der Waals surface area contributed by atoms with E-state index in [1.165, 1.54) is 44.9 Å². The predicted molar refractivity (Wildman–Crippen MR) is 173 cm³/mol. The molecule has 0 aliphatic heterocycles. The molecule has 0 bridgehead atoms. The maximum Gasteiger partial charge on any atom is 0.306 e. The lowest BCUT2D eigenvalue weighted by atomic mass is 10.1. The van der Waals surface area contributed by atoms with E-state index in [9.17, 15) is 14.7 Å². The third-order valence-electron chi connectivity index (χ3n) is 6.58. The van der Waals surface area contributed by atoms with Gasteiger partial charge < -0.3 is 14.6 Å². The van der Waals surface area contributed by atoms with Crippen LogP contribution in [0.3, 0.4) is 0 Å². The summed E-state index contributed by atoms with van der Waals surface area (Å²) in [4.78, 5) is 24.0. The van der Waals surface area contributed by atoms with E-state index in [0.29, 0.717) is 12.8 Å². The molecule has 0 saturated carbocycles. The Bertz CT molecular complexity index is 747. The van der Waals surface area contributed by atoms with Crippen LogP contribution in [0.1, 0.15) is 136 Å². The highest BCUT2D eigenvalue weighted by Crippen LogP contribution is 2.12. The third-order valence-corrected chi connectivity index (χ3v) is 6.58. The Morgan fingerprint density at radius 1 is 0.585 bits per heavy atom. The Morgan fingerprint density at radius 3 is 1.56 bits per heavy atom. The summed E-state index contributed by atoms with van der Waals surface area (Å²) < 4.78 is 10.5. The van der Waals surface area contributed by atoms with Gasteiger partial charge in [0, 0.05) is 12.8 Å². The van der Waals surface area contributed by atoms with Crippen LogP contribution < -0.4 is 0 Å². The first-order chi connectivity index (χ1) is 20.1. The second-order valence-electron chi connectivity index (χ2n) is 10.5. The first-order valence-electron chi connectivity index (χ1n) is 16.3. The number of unbranched alkanes of at least 4 members (excludes halogenated alkanes) is 10. The highest BCUT2D eigenvalue weighted by Gasteiger charge is 2.15. The van der Waals surface area contributed by atoms with Crippen molar-refractivity contribution in [2.75, 3.05) is 13.2 Å². The van der Waals surface area contributed by atoms with Crippen LogP contribution in [0.4, 0.5) is 0 Å². The molecule has 0 aromatic carbocycles. The molecule has 234 valence electrons. The van der Waals surface area contributed by atoms with E-state index in [-0.39, 0.29) is 31.6 Å². The van der Waals surface area contributed by atoms with Gasteiger partial charge in [-0.2, -0.15) is 0 Å². The van der Waals surface area contributed by atoms with Crippen LogP contribution in [0.15, 0.2) is 60.8 Å². The van der Waals surface area contributed by atoms with E-state index in [4.69, 9.17) is 9.47 Å². The average molecular weight is 573 g/mol. The van der Waals surface area contributed by atoms with Crippen LogP contribution in [0.2, 0.25) is 0 Å². The summed E-state index contributed by atoms with van der Waals surface area (Å²) >= 11 is 0. The summed E-state index contributed by atoms with van der Waals surface area (Å²) in [5, 5.41) is 9.48. The minimum Gasteiger partial charge on any atom is -0.462 e. The molecular weight excluding hydrogens is 512 g/mol. The van der Waals surface area contributed by atoms with Crippen molar-refractivity contribution in [2.45, 2.75) is 142 Å². The van der Waals surface area contributed by atoms with Gasteiger partial charge >= 0.3 is 11.9 Å². The summed E-state index contributed by atoms with van der Waals surface area (Å²) in [6.07, 6.45) is 39.9. The van der Waals surface area contributed by atoms with Crippen molar-refractivity contribution >= 4 is 11.9 Å². The second-order valence-corrected chi connectivity index (χ2v) is 10.5. The lowest BCUT2D eigenvalue weighted by molar-refractivity contribution is -0.161. The molecule has 0 heterocycles. The van der Waals surface area contributed by atoms with E-state index in [2.05, 4.69) is 74.6 Å². The van der Waals surface area contributed by atoms with E-state index in [1.54, 1.807) is 0 Å². The summed E-state index contributed by atoms with van der Waals surface area (Å²) in [5.74, 6) is -0.667. The monoisotopic (exact) mass is 572 g/mol. The lowest BCUT2D eigenvalue weighted by Gasteiger charge is -2.15. The largest absolute Gasteiger partial charge is 0.462 e. The van der Waals surface area contributed by atoms with Crippen molar-refractivity contribution in [3.05, 3.63) is 60.8 Å². The van der Waals surface area contributed by atoms with Gasteiger partial charge in [0.15, 0.2) is 6.10 Å². The van der Waals surface area contributed by atoms with Crippen molar-refractivity contribution in [1.29, 1.82) is 0 Å². The number of rotatable bonds is 28. The molecule has 0 radical (unpaired) electrons. The molecule has 5 nitrogen and oxygen atoms in total. The fourth-order valence-electron chi connectivity index (χ4n) is 4.12. The molecule has 0 fully saturated rings. The number of aliphatic hydroxyl groups is 1. The molecule has 0 aromatic heterocycles. The van der Waals surface area contributed by atoms with E-state index in [1.807, 2.05) is 0 Å². The smallest absolute Gasteiger partial charge is 0.306 e. The number of allylic oxidation sites excluding steroid dienone is 10. The van der Waals surface area contributed by atoms with Gasteiger partial charge in [-0.05, 0) is 51.4 Å². The van der Waals surface area contributed by atoms with Crippen molar-refractivity contribution in [2.24, 2.45) is 0 Å². The van der Waals surface area contributed by atoms with Gasteiger partial charge in [-0.25, -0.2) is 0 Å². The normalized spacial score (nSPS) is 13.0. The van der Waals surface area contributed by atoms with Crippen molar-refractivity contribution < 1.29 is 24.2 Å². The number of esters is 2. The quantitative estimate of drug-likeness (QED) is 0.0574. The molecule has 0 rings (SSSR count). The van der Waals surface area contributed by atoms with Crippen LogP contribution >= 0.6 is 0 Å². The first kappa shape index (κ1) is 38.6. The maximum atomic E-state index is 12.1. The molecule has 0 aliphatic rings. The summed E-state index contributed by atoms with van der Waals surface area (Å²) in [6, 6.07) is 0. The molecule has 41 heavy (non-hydrogen) atoms. The zero-order chi connectivity index (χ0) is 30.1. The molecule has 0 amide bonds. The Labute approximate surface area is 251 Å². The van der Waals surface area contributed by atoms with Gasteiger partial charge in [0.25, 0.3) is 0 Å². The Hall–Kier alpha value is -2.40. The number of ether oxygens (including phenoxy) is 2. The summed E-state index contributed by atoms with van der Waals surface area (Å²) in [5.41, 5.74) is 0. The Kier molecular flexibility index (Phi) is 30.2. The summed E-state index contributed by atoms with van der Waals surface area (Å²) in [7, 11) is 0. The molecule has 0 aliphatic carbocycles. The standard InChI is InChI=1S/C36H60O5/c1-3-5-7-9-11-13-15-16-17-18-19-20-21-23-25-27-29-31-36(39)41-34(32-37)33-40-35(38)30-28-26-24-22-14-12-10-8-6-4-2/h5,7,11,13,16-17,19-20,23,25,34,37H,3-4,6,8-10,12,14-15,18,21-22,24,26-33H2,1-2H3/b7-5+,13-11+,17-16+,20-19+,25-23+/t34-/m0/s1. The number of carbonyl (C=O) groups excluding carboxylic acids is 2. The van der Waals surface area contributed by atoms with Crippen LogP contribution in [0.25, 0.3) is 0 Å². The second kappa shape index (κ2) is 32.1. The molecule has 0 spiro atoms. The van der Waals surface area contributed by atoms with Crippen molar-refractivity contribution in [3.63, 3.8) is 0 Å². The van der Waals surface area contributed by atoms with E-state index in [0.717, 1.165) is 57.8 Å². The highest BCUT2D eigenvalue weighted by molar-refractivity contribution is 5.70. The molecule has 0 aromatic rings. The fourth-order valence-corrected chi connectivity index (χ4v) is 4.12. The van der Waals surface area contributed by atoms with E-state index < -0.39 is 6.10 Å². The van der Waals surface area contributed by atoms with Crippen LogP contribution in [0.5, 0.6) is 0 Å². The maximum absolute atomic E-state index is 12.1. The minimum atomic E-state index is -0.798. The SMILES string of the molecule is CC/C=C/C/C=C/C/C=C/C/C=C/C/C=C/CCCC(=O)O[C@@H](CO)COC(=O)CCCCCCCCCCCC. The van der Waals surface area contributed by atoms with Gasteiger partial charge in [-0.15, -0.1) is 0 Å². The van der Waals surface area contributed by atoms with Gasteiger partial charge in [-0.3, -0.25) is 9.59 Å². The zero-order valence-corrected chi connectivity index (χ0v) is 26.3. The molecular formula is C36H60O5.